The molecular formula is C16H11ClN2O3. The topological polar surface area (TPSA) is 61.2 Å². The Labute approximate surface area is 130 Å². The first-order valence-electron chi connectivity index (χ1n) is 6.50. The molecule has 0 fully saturated rings. The fourth-order valence-electron chi connectivity index (χ4n) is 2.09. The minimum absolute atomic E-state index is 0.0566. The summed E-state index contributed by atoms with van der Waals surface area (Å²) in [5, 5.41) is 5.97. The van der Waals surface area contributed by atoms with E-state index in [1.54, 1.807) is 12.1 Å². The van der Waals surface area contributed by atoms with Crippen molar-refractivity contribution in [3.63, 3.8) is 0 Å². The van der Waals surface area contributed by atoms with Crippen LogP contribution in [0.4, 0.5) is 0 Å². The molecule has 0 N–H and O–H groups in total. The lowest BCUT2D eigenvalue weighted by atomic mass is 10.1. The lowest BCUT2D eigenvalue weighted by Gasteiger charge is -2.08. The minimum Gasteiger partial charge on any atom is -0.421 e. The average molecular weight is 315 g/mol. The molecule has 0 amide bonds. The van der Waals surface area contributed by atoms with Gasteiger partial charge >= 0.3 is 5.97 Å². The number of aryl methyl sites for hydroxylation is 1. The Kier molecular flexibility index (Phi) is 3.65. The summed E-state index contributed by atoms with van der Waals surface area (Å²) >= 11 is 6.13. The molecule has 0 unspecified atom stereocenters. The summed E-state index contributed by atoms with van der Waals surface area (Å²) in [4.78, 5) is 23.5. The van der Waals surface area contributed by atoms with Crippen LogP contribution in [-0.2, 0) is 7.05 Å². The van der Waals surface area contributed by atoms with Crippen LogP contribution in [0.5, 0.6) is 5.75 Å². The van der Waals surface area contributed by atoms with E-state index >= 15 is 0 Å². The van der Waals surface area contributed by atoms with Crippen molar-refractivity contribution in [1.29, 1.82) is 0 Å². The second-order valence-corrected chi connectivity index (χ2v) is 5.07. The summed E-state index contributed by atoms with van der Waals surface area (Å²) < 4.78 is 6.47. The predicted octanol–water partition coefficient (Wildman–Crippen LogP) is 2.81. The highest BCUT2D eigenvalue weighted by molar-refractivity contribution is 6.35. The van der Waals surface area contributed by atoms with Gasteiger partial charge in [0.15, 0.2) is 5.69 Å². The van der Waals surface area contributed by atoms with Crippen LogP contribution in [0.15, 0.2) is 53.3 Å². The minimum atomic E-state index is -0.636. The van der Waals surface area contributed by atoms with Gasteiger partial charge < -0.3 is 4.74 Å². The number of rotatable bonds is 2. The van der Waals surface area contributed by atoms with Gasteiger partial charge in [0.25, 0.3) is 5.56 Å². The molecule has 0 atom stereocenters. The third kappa shape index (κ3) is 2.58. The number of benzene rings is 2. The van der Waals surface area contributed by atoms with E-state index in [-0.39, 0.29) is 11.3 Å². The van der Waals surface area contributed by atoms with E-state index < -0.39 is 5.97 Å². The molecule has 6 heteroatoms. The largest absolute Gasteiger partial charge is 0.421 e. The van der Waals surface area contributed by atoms with Gasteiger partial charge in [-0.25, -0.2) is 9.48 Å². The zero-order chi connectivity index (χ0) is 15.7. The maximum atomic E-state index is 12.2. The van der Waals surface area contributed by atoms with Gasteiger partial charge in [-0.3, -0.25) is 4.79 Å². The SMILES string of the molecule is Cn1nc(C(=O)Oc2ccc(Cl)c3ccccc23)ccc1=O. The van der Waals surface area contributed by atoms with Crippen molar-refractivity contribution in [2.45, 2.75) is 0 Å². The van der Waals surface area contributed by atoms with Crippen LogP contribution < -0.4 is 10.3 Å². The smallest absolute Gasteiger partial charge is 0.364 e. The van der Waals surface area contributed by atoms with Crippen molar-refractivity contribution < 1.29 is 9.53 Å². The van der Waals surface area contributed by atoms with E-state index in [0.717, 1.165) is 15.5 Å². The van der Waals surface area contributed by atoms with Crippen LogP contribution >= 0.6 is 11.6 Å². The van der Waals surface area contributed by atoms with Crippen molar-refractivity contribution in [2.75, 3.05) is 0 Å². The van der Waals surface area contributed by atoms with E-state index in [0.29, 0.717) is 10.8 Å². The van der Waals surface area contributed by atoms with E-state index in [1.807, 2.05) is 24.3 Å². The Morgan fingerprint density at radius 3 is 2.55 bits per heavy atom. The molecule has 0 aliphatic carbocycles. The van der Waals surface area contributed by atoms with Gasteiger partial charge in [-0.15, -0.1) is 0 Å². The highest BCUT2D eigenvalue weighted by atomic mass is 35.5. The first kappa shape index (κ1) is 14.3. The molecule has 3 aromatic rings. The van der Waals surface area contributed by atoms with Crippen molar-refractivity contribution in [3.8, 4) is 5.75 Å². The number of nitrogens with zero attached hydrogens (tertiary/aromatic N) is 2. The number of ether oxygens (including phenoxy) is 1. The summed E-state index contributed by atoms with van der Waals surface area (Å²) in [6.07, 6.45) is 0. The molecule has 2 aromatic carbocycles. The molecule has 1 heterocycles. The van der Waals surface area contributed by atoms with Crippen molar-refractivity contribution in [1.82, 2.24) is 9.78 Å². The molecule has 22 heavy (non-hydrogen) atoms. The van der Waals surface area contributed by atoms with Crippen molar-refractivity contribution in [2.24, 2.45) is 7.05 Å². The molecular weight excluding hydrogens is 304 g/mol. The average Bonchev–Trinajstić information content (AvgIpc) is 2.53. The molecule has 0 bridgehead atoms. The summed E-state index contributed by atoms with van der Waals surface area (Å²) in [5.41, 5.74) is -0.241. The Balaban J connectivity index is 1.99. The summed E-state index contributed by atoms with van der Waals surface area (Å²) in [7, 11) is 1.47. The van der Waals surface area contributed by atoms with Crippen LogP contribution in [0.3, 0.4) is 0 Å². The fraction of sp³-hybridized carbons (Fsp3) is 0.0625. The van der Waals surface area contributed by atoms with Gasteiger partial charge in [0.05, 0.1) is 0 Å². The Morgan fingerprint density at radius 2 is 1.82 bits per heavy atom. The van der Waals surface area contributed by atoms with E-state index in [2.05, 4.69) is 5.10 Å². The lowest BCUT2D eigenvalue weighted by Crippen LogP contribution is -2.22. The highest BCUT2D eigenvalue weighted by Gasteiger charge is 2.14. The molecule has 0 radical (unpaired) electrons. The van der Waals surface area contributed by atoms with Crippen LogP contribution in [0, 0.1) is 0 Å². The van der Waals surface area contributed by atoms with E-state index in [9.17, 15) is 9.59 Å². The van der Waals surface area contributed by atoms with E-state index in [4.69, 9.17) is 16.3 Å². The second-order valence-electron chi connectivity index (χ2n) is 4.66. The molecule has 5 nitrogen and oxygen atoms in total. The Bertz CT molecular complexity index is 934. The Morgan fingerprint density at radius 1 is 1.09 bits per heavy atom. The van der Waals surface area contributed by atoms with Gasteiger partial charge in [-0.1, -0.05) is 35.9 Å². The lowest BCUT2D eigenvalue weighted by molar-refractivity contribution is 0.0728. The summed E-state index contributed by atoms with van der Waals surface area (Å²) in [5.74, 6) is -0.247. The van der Waals surface area contributed by atoms with Gasteiger partial charge in [0, 0.05) is 28.9 Å². The molecule has 3 rings (SSSR count). The Hall–Kier alpha value is -2.66. The predicted molar refractivity (Wildman–Crippen MR) is 83.4 cm³/mol. The maximum absolute atomic E-state index is 12.2. The molecule has 0 saturated carbocycles. The zero-order valence-corrected chi connectivity index (χ0v) is 12.4. The van der Waals surface area contributed by atoms with Crippen LogP contribution in [-0.4, -0.2) is 15.7 Å². The maximum Gasteiger partial charge on any atom is 0.364 e. The highest BCUT2D eigenvalue weighted by Crippen LogP contribution is 2.31. The molecule has 0 spiro atoms. The van der Waals surface area contributed by atoms with Gasteiger partial charge in [-0.05, 0) is 18.2 Å². The molecule has 1 aromatic heterocycles. The number of aromatic nitrogens is 2. The second kappa shape index (κ2) is 5.61. The molecule has 110 valence electrons. The number of hydrogen-bond acceptors (Lipinski definition) is 4. The van der Waals surface area contributed by atoms with Crippen LogP contribution in [0.25, 0.3) is 10.8 Å². The molecule has 0 saturated heterocycles. The zero-order valence-electron chi connectivity index (χ0n) is 11.6. The molecule has 0 aliphatic heterocycles. The van der Waals surface area contributed by atoms with E-state index in [1.165, 1.54) is 19.2 Å². The van der Waals surface area contributed by atoms with Crippen molar-refractivity contribution >= 4 is 28.3 Å². The third-order valence-corrected chi connectivity index (χ3v) is 3.53. The first-order valence-corrected chi connectivity index (χ1v) is 6.88. The van der Waals surface area contributed by atoms with Crippen molar-refractivity contribution in [3.05, 3.63) is 69.6 Å². The number of halogens is 1. The summed E-state index contributed by atoms with van der Waals surface area (Å²) in [6.45, 7) is 0. The third-order valence-electron chi connectivity index (χ3n) is 3.20. The fourth-order valence-corrected chi connectivity index (χ4v) is 2.31. The number of carbonyl (C=O) groups is 1. The monoisotopic (exact) mass is 314 g/mol. The van der Waals surface area contributed by atoms with Crippen LogP contribution in [0.2, 0.25) is 5.02 Å². The summed E-state index contributed by atoms with van der Waals surface area (Å²) in [6, 6.07) is 13.3. The first-order chi connectivity index (χ1) is 10.6. The quantitative estimate of drug-likeness (QED) is 0.539. The number of hydrogen-bond donors (Lipinski definition) is 0. The van der Waals surface area contributed by atoms with Gasteiger partial charge in [-0.2, -0.15) is 5.10 Å². The number of fused-ring (bicyclic) bond motifs is 1. The standard InChI is InChI=1S/C16H11ClN2O3/c1-19-15(20)9-7-13(18-19)16(21)22-14-8-6-12(17)10-4-2-3-5-11(10)14/h2-9H,1H3. The van der Waals surface area contributed by atoms with Gasteiger partial charge in [0.2, 0.25) is 0 Å². The van der Waals surface area contributed by atoms with Crippen LogP contribution in [0.1, 0.15) is 10.5 Å². The number of esters is 1. The molecule has 0 aliphatic rings. The number of carbonyl (C=O) groups excluding carboxylic acids is 1. The normalized spacial score (nSPS) is 10.6. The van der Waals surface area contributed by atoms with Gasteiger partial charge in [0.1, 0.15) is 5.75 Å².